The number of aromatic nitrogens is 4. The van der Waals surface area contributed by atoms with E-state index in [4.69, 9.17) is 0 Å². The average molecular weight is 293 g/mol. The third-order valence-electron chi connectivity index (χ3n) is 3.02. The topological polar surface area (TPSA) is 55.6 Å². The smallest absolute Gasteiger partial charge is 0.185 e. The molecule has 0 aliphatic rings. The monoisotopic (exact) mass is 293 g/mol. The van der Waals surface area contributed by atoms with Crippen molar-refractivity contribution in [1.29, 1.82) is 0 Å². The zero-order chi connectivity index (χ0) is 13.4. The van der Waals surface area contributed by atoms with Crippen LogP contribution in [-0.4, -0.2) is 26.3 Å². The number of rotatable bonds is 4. The summed E-state index contributed by atoms with van der Waals surface area (Å²) >= 11 is 3.38. The SMILES string of the molecule is Cc1ncsc1CCNc1nc2c(s1)c(C)nn2C. The first-order valence-corrected chi connectivity index (χ1v) is 7.77. The van der Waals surface area contributed by atoms with Crippen LogP contribution in [0.3, 0.4) is 0 Å². The summed E-state index contributed by atoms with van der Waals surface area (Å²) in [6.07, 6.45) is 0.990. The van der Waals surface area contributed by atoms with Crippen LogP contribution in [-0.2, 0) is 13.5 Å². The molecular weight excluding hydrogens is 278 g/mol. The van der Waals surface area contributed by atoms with E-state index in [1.54, 1.807) is 22.7 Å². The van der Waals surface area contributed by atoms with Gasteiger partial charge in [-0.3, -0.25) is 0 Å². The third-order valence-corrected chi connectivity index (χ3v) is 5.12. The minimum Gasteiger partial charge on any atom is -0.361 e. The molecule has 0 aliphatic heterocycles. The summed E-state index contributed by atoms with van der Waals surface area (Å²) in [6.45, 7) is 4.96. The molecule has 0 saturated heterocycles. The molecule has 7 heteroatoms. The largest absolute Gasteiger partial charge is 0.361 e. The number of thiazole rings is 2. The van der Waals surface area contributed by atoms with Gasteiger partial charge in [0.15, 0.2) is 10.8 Å². The minimum absolute atomic E-state index is 0.884. The van der Waals surface area contributed by atoms with Crippen molar-refractivity contribution in [1.82, 2.24) is 19.7 Å². The molecule has 5 nitrogen and oxygen atoms in total. The van der Waals surface area contributed by atoms with Crippen LogP contribution >= 0.6 is 22.7 Å². The molecule has 0 radical (unpaired) electrons. The van der Waals surface area contributed by atoms with Crippen LogP contribution in [0.15, 0.2) is 5.51 Å². The second-order valence-electron chi connectivity index (χ2n) is 4.42. The van der Waals surface area contributed by atoms with Gasteiger partial charge in [-0.15, -0.1) is 11.3 Å². The second-order valence-corrected chi connectivity index (χ2v) is 6.36. The maximum atomic E-state index is 4.57. The quantitative estimate of drug-likeness (QED) is 0.803. The van der Waals surface area contributed by atoms with E-state index in [9.17, 15) is 0 Å². The summed E-state index contributed by atoms with van der Waals surface area (Å²) in [4.78, 5) is 10.2. The lowest BCUT2D eigenvalue weighted by atomic mass is 10.3. The van der Waals surface area contributed by atoms with Gasteiger partial charge in [0.1, 0.15) is 0 Å². The molecule has 100 valence electrons. The summed E-state index contributed by atoms with van der Waals surface area (Å²) in [5.41, 5.74) is 5.04. The van der Waals surface area contributed by atoms with E-state index in [-0.39, 0.29) is 0 Å². The Morgan fingerprint density at radius 1 is 1.32 bits per heavy atom. The molecule has 3 rings (SSSR count). The van der Waals surface area contributed by atoms with E-state index in [2.05, 4.69) is 27.3 Å². The van der Waals surface area contributed by atoms with Crippen LogP contribution in [0.1, 0.15) is 16.3 Å². The van der Waals surface area contributed by atoms with Crippen LogP contribution < -0.4 is 5.32 Å². The van der Waals surface area contributed by atoms with Crippen LogP contribution in [0, 0.1) is 13.8 Å². The summed E-state index contributed by atoms with van der Waals surface area (Å²) in [6, 6.07) is 0. The zero-order valence-electron chi connectivity index (χ0n) is 11.1. The molecule has 0 atom stereocenters. The number of aryl methyl sites for hydroxylation is 3. The summed E-state index contributed by atoms with van der Waals surface area (Å²) in [5.74, 6) is 0. The van der Waals surface area contributed by atoms with Gasteiger partial charge in [0.05, 0.1) is 21.6 Å². The molecule has 0 aromatic carbocycles. The van der Waals surface area contributed by atoms with Crippen LogP contribution in [0.2, 0.25) is 0 Å². The highest BCUT2D eigenvalue weighted by atomic mass is 32.1. The zero-order valence-corrected chi connectivity index (χ0v) is 12.7. The Hall–Kier alpha value is -1.47. The molecule has 0 spiro atoms. The molecule has 0 amide bonds. The number of nitrogens with zero attached hydrogens (tertiary/aromatic N) is 4. The highest BCUT2D eigenvalue weighted by Gasteiger charge is 2.11. The van der Waals surface area contributed by atoms with Crippen molar-refractivity contribution >= 4 is 38.2 Å². The number of anilines is 1. The maximum absolute atomic E-state index is 4.57. The van der Waals surface area contributed by atoms with E-state index in [0.29, 0.717) is 0 Å². The van der Waals surface area contributed by atoms with Crippen molar-refractivity contribution in [2.75, 3.05) is 11.9 Å². The number of fused-ring (bicyclic) bond motifs is 1. The first-order chi connectivity index (χ1) is 9.15. The molecule has 3 aromatic rings. The second kappa shape index (κ2) is 4.90. The van der Waals surface area contributed by atoms with Crippen molar-refractivity contribution in [2.24, 2.45) is 7.05 Å². The van der Waals surface area contributed by atoms with E-state index in [1.165, 1.54) is 9.58 Å². The Morgan fingerprint density at radius 3 is 2.84 bits per heavy atom. The van der Waals surface area contributed by atoms with Gasteiger partial charge in [-0.05, 0) is 13.8 Å². The maximum Gasteiger partial charge on any atom is 0.185 e. The fourth-order valence-electron chi connectivity index (χ4n) is 2.01. The van der Waals surface area contributed by atoms with E-state index >= 15 is 0 Å². The van der Waals surface area contributed by atoms with Crippen LogP contribution in [0.4, 0.5) is 5.13 Å². The van der Waals surface area contributed by atoms with E-state index < -0.39 is 0 Å². The predicted octanol–water partition coefficient (Wildman–Crippen LogP) is 2.76. The fourth-order valence-corrected chi connectivity index (χ4v) is 3.75. The molecule has 0 unspecified atom stereocenters. The van der Waals surface area contributed by atoms with Gasteiger partial charge in [0, 0.05) is 24.9 Å². The van der Waals surface area contributed by atoms with Gasteiger partial charge in [0.2, 0.25) is 0 Å². The molecule has 3 heterocycles. The Bertz CT molecular complexity index is 674. The molecule has 0 fully saturated rings. The third kappa shape index (κ3) is 2.35. The minimum atomic E-state index is 0.884. The molecule has 0 aliphatic carbocycles. The molecular formula is C12H15N5S2. The summed E-state index contributed by atoms with van der Waals surface area (Å²) in [5, 5.41) is 8.71. The Kier molecular flexibility index (Phi) is 3.24. The first-order valence-electron chi connectivity index (χ1n) is 6.08. The number of hydrogen-bond acceptors (Lipinski definition) is 6. The fraction of sp³-hybridized carbons (Fsp3) is 0.417. The van der Waals surface area contributed by atoms with E-state index in [0.717, 1.165) is 35.1 Å². The van der Waals surface area contributed by atoms with Crippen molar-refractivity contribution in [3.8, 4) is 0 Å². The average Bonchev–Trinajstić information content (AvgIpc) is 3.01. The standard InChI is InChI=1S/C12H15N5S2/c1-7-9(18-6-14-7)4-5-13-12-15-11-10(19-12)8(2)16-17(11)3/h6H,4-5H2,1-3H3,(H,13,15). The number of nitrogens with one attached hydrogen (secondary N) is 1. The Labute approximate surface area is 119 Å². The van der Waals surface area contributed by atoms with Crippen molar-refractivity contribution in [3.63, 3.8) is 0 Å². The van der Waals surface area contributed by atoms with Gasteiger partial charge < -0.3 is 5.32 Å². The molecule has 19 heavy (non-hydrogen) atoms. The van der Waals surface area contributed by atoms with Crippen molar-refractivity contribution in [3.05, 3.63) is 21.8 Å². The Morgan fingerprint density at radius 2 is 2.16 bits per heavy atom. The lowest BCUT2D eigenvalue weighted by Crippen LogP contribution is -2.04. The van der Waals surface area contributed by atoms with Gasteiger partial charge in [0.25, 0.3) is 0 Å². The normalized spacial score (nSPS) is 11.3. The Balaban J connectivity index is 1.69. The lowest BCUT2D eigenvalue weighted by Gasteiger charge is -2.01. The van der Waals surface area contributed by atoms with Gasteiger partial charge in [-0.25, -0.2) is 14.6 Å². The van der Waals surface area contributed by atoms with Crippen LogP contribution in [0.25, 0.3) is 10.3 Å². The summed E-state index contributed by atoms with van der Waals surface area (Å²) in [7, 11) is 1.93. The molecule has 0 saturated carbocycles. The molecule has 1 N–H and O–H groups in total. The summed E-state index contributed by atoms with van der Waals surface area (Å²) < 4.78 is 3.00. The highest BCUT2D eigenvalue weighted by Crippen LogP contribution is 2.28. The number of hydrogen-bond donors (Lipinski definition) is 1. The van der Waals surface area contributed by atoms with E-state index in [1.807, 2.05) is 24.2 Å². The van der Waals surface area contributed by atoms with Gasteiger partial charge in [-0.2, -0.15) is 5.10 Å². The molecule has 3 aromatic heterocycles. The van der Waals surface area contributed by atoms with Crippen molar-refractivity contribution < 1.29 is 0 Å². The predicted molar refractivity (Wildman–Crippen MR) is 80.2 cm³/mol. The van der Waals surface area contributed by atoms with Gasteiger partial charge in [-0.1, -0.05) is 11.3 Å². The lowest BCUT2D eigenvalue weighted by molar-refractivity contribution is 0.774. The van der Waals surface area contributed by atoms with Crippen LogP contribution in [0.5, 0.6) is 0 Å². The van der Waals surface area contributed by atoms with Gasteiger partial charge >= 0.3 is 0 Å². The highest BCUT2D eigenvalue weighted by molar-refractivity contribution is 7.22. The first kappa shape index (κ1) is 12.6. The molecule has 0 bridgehead atoms. The van der Waals surface area contributed by atoms with Crippen molar-refractivity contribution in [2.45, 2.75) is 20.3 Å².